The molecule has 16 heavy (non-hydrogen) atoms. The van der Waals surface area contributed by atoms with Gasteiger partial charge in [0.1, 0.15) is 0 Å². The zero-order valence-electron chi connectivity index (χ0n) is 9.78. The second kappa shape index (κ2) is 5.25. The van der Waals surface area contributed by atoms with E-state index >= 15 is 0 Å². The normalized spacial score (nSPS) is 30.5. The number of nitrogens with one attached hydrogen (secondary N) is 1. The van der Waals surface area contributed by atoms with Gasteiger partial charge in [-0.25, -0.2) is 4.98 Å². The van der Waals surface area contributed by atoms with Crippen molar-refractivity contribution in [2.45, 2.75) is 44.8 Å². The lowest BCUT2D eigenvalue weighted by atomic mass is 9.79. The third-order valence-electron chi connectivity index (χ3n) is 3.45. The quantitative estimate of drug-likeness (QED) is 0.848. The number of hydrogen-bond donors (Lipinski definition) is 2. The maximum Gasteiger partial charge on any atom is 0.0795 e. The average molecular weight is 240 g/mol. The Kier molecular flexibility index (Phi) is 3.95. The molecule has 0 radical (unpaired) electrons. The summed E-state index contributed by atoms with van der Waals surface area (Å²) >= 11 is 1.61. The van der Waals surface area contributed by atoms with E-state index in [0.717, 1.165) is 43.8 Å². The Hall–Kier alpha value is -0.450. The molecule has 0 aliphatic heterocycles. The topological polar surface area (TPSA) is 45.1 Å². The molecule has 3 nitrogen and oxygen atoms in total. The van der Waals surface area contributed by atoms with Gasteiger partial charge >= 0.3 is 0 Å². The van der Waals surface area contributed by atoms with Crippen molar-refractivity contribution in [3.63, 3.8) is 0 Å². The van der Waals surface area contributed by atoms with Crippen LogP contribution in [0.2, 0.25) is 0 Å². The smallest absolute Gasteiger partial charge is 0.0795 e. The van der Waals surface area contributed by atoms with E-state index in [1.807, 2.05) is 10.9 Å². The number of aliphatic hydroxyl groups is 1. The van der Waals surface area contributed by atoms with Gasteiger partial charge < -0.3 is 10.4 Å². The maximum absolute atomic E-state index is 10.3. The lowest BCUT2D eigenvalue weighted by Crippen LogP contribution is -2.43. The van der Waals surface area contributed by atoms with Crippen LogP contribution in [0, 0.1) is 5.92 Å². The molecule has 1 aromatic rings. The van der Waals surface area contributed by atoms with Gasteiger partial charge in [0.2, 0.25) is 0 Å². The van der Waals surface area contributed by atoms with Crippen LogP contribution in [0.1, 0.15) is 38.3 Å². The van der Waals surface area contributed by atoms with Crippen LogP contribution in [-0.2, 0) is 6.54 Å². The van der Waals surface area contributed by atoms with Crippen molar-refractivity contribution in [2.24, 2.45) is 5.92 Å². The van der Waals surface area contributed by atoms with Gasteiger partial charge in [-0.2, -0.15) is 0 Å². The maximum atomic E-state index is 10.3. The molecule has 0 atom stereocenters. The van der Waals surface area contributed by atoms with Crippen molar-refractivity contribution in [1.82, 2.24) is 10.3 Å². The van der Waals surface area contributed by atoms with Crippen molar-refractivity contribution in [2.75, 3.05) is 6.54 Å². The molecule has 1 heterocycles. The first kappa shape index (κ1) is 12.0. The second-order valence-electron chi connectivity index (χ2n) is 4.99. The minimum Gasteiger partial charge on any atom is -0.389 e. The van der Waals surface area contributed by atoms with Crippen LogP contribution in [0.4, 0.5) is 0 Å². The summed E-state index contributed by atoms with van der Waals surface area (Å²) in [5.41, 5.74) is 2.43. The van der Waals surface area contributed by atoms with E-state index in [1.165, 1.54) is 0 Å². The molecule has 1 fully saturated rings. The zero-order valence-corrected chi connectivity index (χ0v) is 10.6. The van der Waals surface area contributed by atoms with E-state index in [1.54, 1.807) is 11.3 Å². The van der Waals surface area contributed by atoms with Crippen LogP contribution in [0.25, 0.3) is 0 Å². The van der Waals surface area contributed by atoms with Crippen LogP contribution in [0.15, 0.2) is 10.9 Å². The van der Waals surface area contributed by atoms with Crippen molar-refractivity contribution in [3.05, 3.63) is 16.6 Å². The molecule has 0 aromatic carbocycles. The minimum atomic E-state index is -0.484. The first-order chi connectivity index (χ1) is 7.68. The highest BCUT2D eigenvalue weighted by Crippen LogP contribution is 2.31. The predicted octanol–water partition coefficient (Wildman–Crippen LogP) is 2.17. The lowest BCUT2D eigenvalue weighted by molar-refractivity contribution is -0.00634. The Balaban J connectivity index is 1.73. The summed E-state index contributed by atoms with van der Waals surface area (Å²) in [6, 6.07) is 0. The van der Waals surface area contributed by atoms with Gasteiger partial charge in [-0.15, -0.1) is 11.3 Å². The molecule has 90 valence electrons. The highest BCUT2D eigenvalue weighted by Gasteiger charge is 2.31. The summed E-state index contributed by atoms with van der Waals surface area (Å²) < 4.78 is 0. The van der Waals surface area contributed by atoms with Gasteiger partial charge in [0.25, 0.3) is 0 Å². The van der Waals surface area contributed by atoms with Gasteiger partial charge in [0.15, 0.2) is 0 Å². The second-order valence-corrected chi connectivity index (χ2v) is 5.71. The standard InChI is InChI=1S/C12H20N2OS/c1-10-2-4-12(15,5-3-10)8-13-6-11-7-16-9-14-11/h7,9-10,13,15H,2-6,8H2,1H3. The Morgan fingerprint density at radius 3 is 2.94 bits per heavy atom. The van der Waals surface area contributed by atoms with E-state index in [4.69, 9.17) is 0 Å². The van der Waals surface area contributed by atoms with Crippen LogP contribution >= 0.6 is 11.3 Å². The Morgan fingerprint density at radius 2 is 2.31 bits per heavy atom. The van der Waals surface area contributed by atoms with E-state index in [2.05, 4.69) is 17.2 Å². The fraction of sp³-hybridized carbons (Fsp3) is 0.750. The fourth-order valence-corrected chi connectivity index (χ4v) is 2.78. The molecule has 2 rings (SSSR count). The van der Waals surface area contributed by atoms with Crippen molar-refractivity contribution in [1.29, 1.82) is 0 Å². The average Bonchev–Trinajstić information content (AvgIpc) is 2.76. The summed E-state index contributed by atoms with van der Waals surface area (Å²) in [5, 5.41) is 15.7. The Bertz CT molecular complexity index is 305. The monoisotopic (exact) mass is 240 g/mol. The Morgan fingerprint density at radius 1 is 1.56 bits per heavy atom. The molecule has 1 aliphatic carbocycles. The molecule has 0 bridgehead atoms. The predicted molar refractivity (Wildman–Crippen MR) is 66.4 cm³/mol. The van der Waals surface area contributed by atoms with Crippen LogP contribution in [0.5, 0.6) is 0 Å². The molecule has 0 unspecified atom stereocenters. The molecule has 0 amide bonds. The summed E-state index contributed by atoms with van der Waals surface area (Å²) in [5.74, 6) is 0.777. The largest absolute Gasteiger partial charge is 0.389 e. The molecular formula is C12H20N2OS. The molecule has 1 aromatic heterocycles. The van der Waals surface area contributed by atoms with Gasteiger partial charge in [0.05, 0.1) is 16.8 Å². The highest BCUT2D eigenvalue weighted by molar-refractivity contribution is 7.07. The van der Waals surface area contributed by atoms with Crippen LogP contribution < -0.4 is 5.32 Å². The van der Waals surface area contributed by atoms with E-state index < -0.39 is 5.60 Å². The number of nitrogens with zero attached hydrogens (tertiary/aromatic N) is 1. The number of hydrogen-bond acceptors (Lipinski definition) is 4. The molecular weight excluding hydrogens is 220 g/mol. The van der Waals surface area contributed by atoms with Gasteiger partial charge in [-0.3, -0.25) is 0 Å². The molecule has 1 saturated carbocycles. The van der Waals surface area contributed by atoms with Crippen molar-refractivity contribution >= 4 is 11.3 Å². The van der Waals surface area contributed by atoms with Gasteiger partial charge in [-0.05, 0) is 31.6 Å². The summed E-state index contributed by atoms with van der Waals surface area (Å²) in [4.78, 5) is 4.21. The summed E-state index contributed by atoms with van der Waals surface area (Å²) in [6.45, 7) is 3.72. The van der Waals surface area contributed by atoms with Crippen LogP contribution in [-0.4, -0.2) is 22.2 Å². The third kappa shape index (κ3) is 3.27. The molecule has 1 aliphatic rings. The zero-order chi connectivity index (χ0) is 11.4. The van der Waals surface area contributed by atoms with Gasteiger partial charge in [0, 0.05) is 18.5 Å². The molecule has 2 N–H and O–H groups in total. The first-order valence-corrected chi connectivity index (χ1v) is 6.92. The van der Waals surface area contributed by atoms with E-state index in [-0.39, 0.29) is 0 Å². The third-order valence-corrected chi connectivity index (χ3v) is 4.08. The Labute approximate surface area is 101 Å². The highest BCUT2D eigenvalue weighted by atomic mass is 32.1. The van der Waals surface area contributed by atoms with Gasteiger partial charge in [-0.1, -0.05) is 6.92 Å². The first-order valence-electron chi connectivity index (χ1n) is 5.98. The molecule has 4 heteroatoms. The summed E-state index contributed by atoms with van der Waals surface area (Å²) in [7, 11) is 0. The van der Waals surface area contributed by atoms with E-state index in [9.17, 15) is 5.11 Å². The molecule has 0 spiro atoms. The number of thiazole rings is 1. The van der Waals surface area contributed by atoms with Crippen molar-refractivity contribution < 1.29 is 5.11 Å². The SMILES string of the molecule is CC1CCC(O)(CNCc2cscn2)CC1. The minimum absolute atomic E-state index is 0.484. The van der Waals surface area contributed by atoms with E-state index in [0.29, 0.717) is 6.54 Å². The van der Waals surface area contributed by atoms with Crippen molar-refractivity contribution in [3.8, 4) is 0 Å². The number of aromatic nitrogens is 1. The van der Waals surface area contributed by atoms with Crippen LogP contribution in [0.3, 0.4) is 0 Å². The molecule has 0 saturated heterocycles. The lowest BCUT2D eigenvalue weighted by Gasteiger charge is -2.35. The number of rotatable bonds is 4. The fourth-order valence-electron chi connectivity index (χ4n) is 2.22. The summed E-state index contributed by atoms with van der Waals surface area (Å²) in [6.07, 6.45) is 4.15.